The zero-order valence-electron chi connectivity index (χ0n) is 17.8. The van der Waals surface area contributed by atoms with E-state index in [0.717, 1.165) is 53.0 Å². The number of carbonyl (C=O) groups is 2. The highest BCUT2D eigenvalue weighted by molar-refractivity contribution is 7.21. The maximum Gasteiger partial charge on any atom is 0.280 e. The Bertz CT molecular complexity index is 1210. The molecule has 2 unspecified atom stereocenters. The van der Waals surface area contributed by atoms with Gasteiger partial charge in [-0.3, -0.25) is 9.59 Å². The Kier molecular flexibility index (Phi) is 5.84. The first-order chi connectivity index (χ1) is 15.3. The van der Waals surface area contributed by atoms with Crippen LogP contribution in [-0.4, -0.2) is 46.7 Å². The van der Waals surface area contributed by atoms with Crippen molar-refractivity contribution < 1.29 is 9.59 Å². The van der Waals surface area contributed by atoms with Crippen molar-refractivity contribution in [1.82, 2.24) is 15.2 Å². The summed E-state index contributed by atoms with van der Waals surface area (Å²) in [6.07, 6.45) is 3.87. The molecule has 2 aromatic heterocycles. The normalized spacial score (nSPS) is 23.8. The second-order valence-corrected chi connectivity index (χ2v) is 11.4. The lowest BCUT2D eigenvalue weighted by molar-refractivity contribution is 0.0762. The summed E-state index contributed by atoms with van der Waals surface area (Å²) in [5, 5.41) is 5.15. The molecule has 32 heavy (non-hydrogen) atoms. The zero-order chi connectivity index (χ0) is 22.5. The zero-order valence-corrected chi connectivity index (χ0v) is 20.2. The largest absolute Gasteiger partial charge is 0.345 e. The number of halogens is 1. The van der Waals surface area contributed by atoms with Gasteiger partial charge in [-0.05, 0) is 43.5 Å². The van der Waals surface area contributed by atoms with E-state index < -0.39 is 11.6 Å². The van der Waals surface area contributed by atoms with E-state index in [1.165, 1.54) is 22.7 Å². The van der Waals surface area contributed by atoms with Crippen LogP contribution in [0.25, 0.3) is 10.1 Å². The van der Waals surface area contributed by atoms with E-state index in [1.807, 2.05) is 24.3 Å². The molecule has 0 radical (unpaired) electrons. The average molecular weight is 489 g/mol. The van der Waals surface area contributed by atoms with Crippen molar-refractivity contribution >= 4 is 56.1 Å². The van der Waals surface area contributed by atoms with Gasteiger partial charge in [-0.25, -0.2) is 4.98 Å². The monoisotopic (exact) mass is 488 g/mol. The average Bonchev–Trinajstić information content (AvgIpc) is 3.38. The number of nitrogens with two attached hydrogens (primary N) is 1. The minimum absolute atomic E-state index is 0.111. The quantitative estimate of drug-likeness (QED) is 0.536. The molecule has 1 aliphatic carbocycles. The van der Waals surface area contributed by atoms with Gasteiger partial charge in [0.25, 0.3) is 5.91 Å². The molecule has 1 aromatic carbocycles. The number of nitrogens with zero attached hydrogens (tertiary/aromatic N) is 2. The molecule has 0 saturated heterocycles. The van der Waals surface area contributed by atoms with E-state index in [9.17, 15) is 9.59 Å². The smallest absolute Gasteiger partial charge is 0.280 e. The highest BCUT2D eigenvalue weighted by Crippen LogP contribution is 2.35. The highest BCUT2D eigenvalue weighted by atomic mass is 35.5. The van der Waals surface area contributed by atoms with Gasteiger partial charge in [0, 0.05) is 34.1 Å². The fourth-order valence-corrected chi connectivity index (χ4v) is 7.12. The maximum absolute atomic E-state index is 13.6. The predicted molar refractivity (Wildman–Crippen MR) is 130 cm³/mol. The third-order valence-electron chi connectivity index (χ3n) is 6.51. The van der Waals surface area contributed by atoms with Crippen molar-refractivity contribution in [3.8, 4) is 0 Å². The van der Waals surface area contributed by atoms with E-state index >= 15 is 0 Å². The number of hydrogen-bond donors (Lipinski definition) is 2. The summed E-state index contributed by atoms with van der Waals surface area (Å²) < 4.78 is 0.958. The summed E-state index contributed by atoms with van der Waals surface area (Å²) in [6.45, 7) is 1.76. The van der Waals surface area contributed by atoms with Crippen LogP contribution in [-0.2, 0) is 13.0 Å². The summed E-state index contributed by atoms with van der Waals surface area (Å²) in [4.78, 5) is 35.2. The molecule has 3 aromatic rings. The number of carbonyl (C=O) groups excluding carboxylic acids is 2. The number of likely N-dealkylation sites (N-methyl/N-ethyl adjacent to an activating group) is 1. The number of rotatable bonds is 4. The van der Waals surface area contributed by atoms with Gasteiger partial charge in [-0.15, -0.1) is 22.7 Å². The lowest BCUT2D eigenvalue weighted by Crippen LogP contribution is -2.64. The van der Waals surface area contributed by atoms with Crippen molar-refractivity contribution in [3.63, 3.8) is 0 Å². The van der Waals surface area contributed by atoms with Crippen molar-refractivity contribution in [2.24, 2.45) is 5.73 Å². The number of nitrogens with one attached hydrogen (secondary N) is 1. The third kappa shape index (κ3) is 3.99. The second-order valence-electron chi connectivity index (χ2n) is 8.81. The van der Waals surface area contributed by atoms with Crippen LogP contribution in [0.4, 0.5) is 0 Å². The van der Waals surface area contributed by atoms with Crippen LogP contribution in [0.15, 0.2) is 24.3 Å². The first kappa shape index (κ1) is 22.0. The van der Waals surface area contributed by atoms with Gasteiger partial charge in [0.1, 0.15) is 5.54 Å². The second kappa shape index (κ2) is 8.50. The molecule has 3 heterocycles. The summed E-state index contributed by atoms with van der Waals surface area (Å²) in [7, 11) is 2.07. The number of thiazole rings is 1. The van der Waals surface area contributed by atoms with Gasteiger partial charge >= 0.3 is 0 Å². The van der Waals surface area contributed by atoms with E-state index in [2.05, 4.69) is 22.2 Å². The van der Waals surface area contributed by atoms with Gasteiger partial charge in [0.2, 0.25) is 0 Å². The van der Waals surface area contributed by atoms with Crippen molar-refractivity contribution in [1.29, 1.82) is 0 Å². The van der Waals surface area contributed by atoms with Crippen molar-refractivity contribution in [2.45, 2.75) is 50.2 Å². The SMILES string of the molecule is CN1CCc2nc(C(=O)NC3CCCCC3(N)C(=O)c3cc4ccc(Cl)cc4s3)sc2C1. The molecule has 6 nitrogen and oxygen atoms in total. The Labute approximate surface area is 199 Å². The van der Waals surface area contributed by atoms with Gasteiger partial charge < -0.3 is 16.0 Å². The summed E-state index contributed by atoms with van der Waals surface area (Å²) >= 11 is 8.96. The van der Waals surface area contributed by atoms with Crippen LogP contribution in [0.2, 0.25) is 5.02 Å². The van der Waals surface area contributed by atoms with Crippen LogP contribution in [0.3, 0.4) is 0 Å². The maximum atomic E-state index is 13.6. The van der Waals surface area contributed by atoms with Crippen molar-refractivity contribution in [2.75, 3.05) is 13.6 Å². The highest BCUT2D eigenvalue weighted by Gasteiger charge is 2.45. The fourth-order valence-electron chi connectivity index (χ4n) is 4.66. The van der Waals surface area contributed by atoms with Gasteiger partial charge in [-0.1, -0.05) is 30.5 Å². The van der Waals surface area contributed by atoms with Crippen LogP contribution in [0.1, 0.15) is 55.7 Å². The number of hydrogen-bond acceptors (Lipinski definition) is 7. The summed E-state index contributed by atoms with van der Waals surface area (Å²) in [5.41, 5.74) is 6.65. The lowest BCUT2D eigenvalue weighted by atomic mass is 9.74. The molecule has 2 atom stereocenters. The van der Waals surface area contributed by atoms with Crippen molar-refractivity contribution in [3.05, 3.63) is 49.7 Å². The molecule has 1 saturated carbocycles. The Morgan fingerprint density at radius 1 is 1.28 bits per heavy atom. The molecule has 1 amide bonds. The van der Waals surface area contributed by atoms with E-state index in [1.54, 1.807) is 0 Å². The summed E-state index contributed by atoms with van der Waals surface area (Å²) in [5.74, 6) is -0.343. The number of Topliss-reactive ketones (excluding diaryl/α,β-unsaturated/α-hetero) is 1. The van der Waals surface area contributed by atoms with E-state index in [0.29, 0.717) is 27.7 Å². The molecular formula is C23H25ClN4O2S2. The first-order valence-electron chi connectivity index (χ1n) is 10.8. The molecule has 1 fully saturated rings. The van der Waals surface area contributed by atoms with E-state index in [4.69, 9.17) is 17.3 Å². The Morgan fingerprint density at radius 2 is 2.12 bits per heavy atom. The minimum Gasteiger partial charge on any atom is -0.345 e. The molecule has 9 heteroatoms. The number of benzene rings is 1. The molecule has 0 bridgehead atoms. The molecule has 0 spiro atoms. The predicted octanol–water partition coefficient (Wildman–Crippen LogP) is 4.25. The van der Waals surface area contributed by atoms with Gasteiger partial charge in [-0.2, -0.15) is 0 Å². The van der Waals surface area contributed by atoms with Gasteiger partial charge in [0.15, 0.2) is 10.8 Å². The lowest BCUT2D eigenvalue weighted by Gasteiger charge is -2.39. The molecule has 168 valence electrons. The van der Waals surface area contributed by atoms with E-state index in [-0.39, 0.29) is 11.7 Å². The number of aromatic nitrogens is 1. The van der Waals surface area contributed by atoms with Crippen LogP contribution in [0, 0.1) is 0 Å². The number of amides is 1. The Balaban J connectivity index is 1.39. The van der Waals surface area contributed by atoms with Crippen LogP contribution in [0.5, 0.6) is 0 Å². The standard InChI is InChI=1S/C23H25ClN4O2S2/c1-28-9-7-15-18(12-28)32-22(26-15)21(30)27-19-4-2-3-8-23(19,25)20(29)17-10-13-5-6-14(24)11-16(13)31-17/h5-6,10-11,19H,2-4,7-9,12,25H2,1H3,(H,27,30). The fraction of sp³-hybridized carbons (Fsp3) is 0.435. The Hall–Kier alpha value is -1.84. The summed E-state index contributed by atoms with van der Waals surface area (Å²) in [6, 6.07) is 7.05. The Morgan fingerprint density at radius 3 is 2.97 bits per heavy atom. The molecule has 2 aliphatic rings. The topological polar surface area (TPSA) is 88.3 Å². The number of fused-ring (bicyclic) bond motifs is 2. The minimum atomic E-state index is -1.13. The van der Waals surface area contributed by atoms with Crippen LogP contribution >= 0.6 is 34.3 Å². The molecule has 1 aliphatic heterocycles. The molecular weight excluding hydrogens is 464 g/mol. The van der Waals surface area contributed by atoms with Crippen LogP contribution < -0.4 is 11.1 Å². The molecule has 3 N–H and O–H groups in total. The molecule has 5 rings (SSSR count). The number of thiophene rings is 1. The van der Waals surface area contributed by atoms with Gasteiger partial charge in [0.05, 0.1) is 16.6 Å². The third-order valence-corrected chi connectivity index (χ3v) is 8.92. The first-order valence-corrected chi connectivity index (χ1v) is 12.9. The number of ketones is 1.